The fraction of sp³-hybridized carbons (Fsp3) is 0.600. The molecule has 3 rings (SSSR count). The molecule has 3 N–H and O–H groups in total. The van der Waals surface area contributed by atoms with Gasteiger partial charge in [-0.05, 0) is 31.2 Å². The highest BCUT2D eigenvalue weighted by molar-refractivity contribution is 7.18. The van der Waals surface area contributed by atoms with Gasteiger partial charge in [-0.3, -0.25) is 5.43 Å². The molecular weight excluding hydrogens is 282 g/mol. The molecule has 0 saturated carbocycles. The first-order valence-electron chi connectivity index (χ1n) is 7.67. The second-order valence-electron chi connectivity index (χ2n) is 5.95. The summed E-state index contributed by atoms with van der Waals surface area (Å²) in [6, 6.07) is 2.80. The highest BCUT2D eigenvalue weighted by Gasteiger charge is 2.30. The summed E-state index contributed by atoms with van der Waals surface area (Å²) in [4.78, 5) is 14.0. The maximum atomic E-state index is 5.55. The van der Waals surface area contributed by atoms with Crippen LogP contribution in [-0.2, 0) is 6.42 Å². The molecule has 1 aliphatic rings. The van der Waals surface area contributed by atoms with Crippen LogP contribution in [0.15, 0.2) is 6.07 Å². The number of nitrogen functional groups attached to an aromatic ring is 1. The number of nitrogens with one attached hydrogen (secondary N) is 1. The Kier molecular flexibility index (Phi) is 3.99. The van der Waals surface area contributed by atoms with Crippen molar-refractivity contribution in [3.63, 3.8) is 0 Å². The lowest BCUT2D eigenvalue weighted by Gasteiger charge is -2.29. The monoisotopic (exact) mass is 305 g/mol. The largest absolute Gasteiger partial charge is 0.353 e. The lowest BCUT2D eigenvalue weighted by Crippen LogP contribution is -2.34. The minimum Gasteiger partial charge on any atom is -0.353 e. The summed E-state index contributed by atoms with van der Waals surface area (Å²) in [6.45, 7) is 7.81. The molecule has 0 aromatic carbocycles. The molecule has 114 valence electrons. The van der Waals surface area contributed by atoms with Gasteiger partial charge in [-0.2, -0.15) is 4.98 Å². The summed E-state index contributed by atoms with van der Waals surface area (Å²) >= 11 is 1.74. The molecule has 0 radical (unpaired) electrons. The van der Waals surface area contributed by atoms with Crippen molar-refractivity contribution >= 4 is 33.3 Å². The Labute approximate surface area is 129 Å². The van der Waals surface area contributed by atoms with Gasteiger partial charge in [0.05, 0.1) is 5.39 Å². The fourth-order valence-corrected chi connectivity index (χ4v) is 4.12. The number of rotatable bonds is 4. The summed E-state index contributed by atoms with van der Waals surface area (Å²) in [5.41, 5.74) is 2.61. The van der Waals surface area contributed by atoms with Crippen LogP contribution in [0.25, 0.3) is 10.2 Å². The number of thiophene rings is 1. The van der Waals surface area contributed by atoms with Crippen molar-refractivity contribution in [1.29, 1.82) is 0 Å². The van der Waals surface area contributed by atoms with Gasteiger partial charge in [0.2, 0.25) is 5.95 Å². The van der Waals surface area contributed by atoms with Gasteiger partial charge < -0.3 is 4.90 Å². The van der Waals surface area contributed by atoms with Gasteiger partial charge in [-0.25, -0.2) is 10.8 Å². The Balaban J connectivity index is 2.13. The number of hydrogen-bond acceptors (Lipinski definition) is 6. The third-order valence-electron chi connectivity index (χ3n) is 4.24. The van der Waals surface area contributed by atoms with Crippen LogP contribution in [0.5, 0.6) is 0 Å². The van der Waals surface area contributed by atoms with Crippen LogP contribution >= 0.6 is 11.3 Å². The maximum absolute atomic E-state index is 5.55. The van der Waals surface area contributed by atoms with Crippen LogP contribution < -0.4 is 16.2 Å². The summed E-state index contributed by atoms with van der Waals surface area (Å²) in [7, 11) is 0. The number of nitrogens with two attached hydrogens (primary N) is 1. The number of hydrogen-bond donors (Lipinski definition) is 2. The standard InChI is InChI=1S/C15H23N5S/c1-4-10-8-11-13(17-15(19-16)18-14(11)21-10)20-7-5-6-12(20)9(2)3/h8-9,12H,4-7,16H2,1-3H3,(H,17,18,19). The number of nitrogens with zero attached hydrogens (tertiary/aromatic N) is 3. The quantitative estimate of drug-likeness (QED) is 0.671. The molecule has 1 aliphatic heterocycles. The number of fused-ring (bicyclic) bond motifs is 1. The van der Waals surface area contributed by atoms with Crippen molar-refractivity contribution in [2.75, 3.05) is 16.9 Å². The average Bonchev–Trinajstić information content (AvgIpc) is 3.11. The van der Waals surface area contributed by atoms with Crippen LogP contribution in [0.2, 0.25) is 0 Å². The molecule has 0 spiro atoms. The smallest absolute Gasteiger partial charge is 0.240 e. The summed E-state index contributed by atoms with van der Waals surface area (Å²) in [5, 5.41) is 1.17. The first-order chi connectivity index (χ1) is 10.1. The predicted molar refractivity (Wildman–Crippen MR) is 89.8 cm³/mol. The lowest BCUT2D eigenvalue weighted by molar-refractivity contribution is 0.490. The van der Waals surface area contributed by atoms with Crippen LogP contribution in [0.3, 0.4) is 0 Å². The third-order valence-corrected chi connectivity index (χ3v) is 5.42. The van der Waals surface area contributed by atoms with Crippen molar-refractivity contribution in [2.24, 2.45) is 11.8 Å². The van der Waals surface area contributed by atoms with Crippen LogP contribution in [0.4, 0.5) is 11.8 Å². The SMILES string of the molecule is CCc1cc2c(N3CCCC3C(C)C)nc(NN)nc2s1. The third kappa shape index (κ3) is 2.58. The molecule has 1 fully saturated rings. The van der Waals surface area contributed by atoms with E-state index in [1.807, 2.05) is 0 Å². The molecule has 3 heterocycles. The van der Waals surface area contributed by atoms with Gasteiger partial charge in [-0.15, -0.1) is 11.3 Å². The minimum absolute atomic E-state index is 0.511. The summed E-state index contributed by atoms with van der Waals surface area (Å²) in [6.07, 6.45) is 3.49. The van der Waals surface area contributed by atoms with Gasteiger partial charge in [0.15, 0.2) is 0 Å². The zero-order chi connectivity index (χ0) is 15.0. The van der Waals surface area contributed by atoms with E-state index < -0.39 is 0 Å². The Morgan fingerprint density at radius 2 is 2.29 bits per heavy atom. The van der Waals surface area contributed by atoms with Gasteiger partial charge in [0.1, 0.15) is 10.6 Å². The van der Waals surface area contributed by atoms with Gasteiger partial charge in [-0.1, -0.05) is 20.8 Å². The van der Waals surface area contributed by atoms with E-state index in [9.17, 15) is 0 Å². The zero-order valence-electron chi connectivity index (χ0n) is 12.9. The molecule has 1 atom stereocenters. The van der Waals surface area contributed by atoms with E-state index in [0.29, 0.717) is 17.9 Å². The number of aromatic nitrogens is 2. The Bertz CT molecular complexity index is 636. The number of hydrazine groups is 1. The molecule has 1 unspecified atom stereocenters. The first kappa shape index (κ1) is 14.5. The summed E-state index contributed by atoms with van der Waals surface area (Å²) in [5.74, 6) is 7.73. The lowest BCUT2D eigenvalue weighted by atomic mass is 10.0. The van der Waals surface area contributed by atoms with E-state index in [0.717, 1.165) is 23.6 Å². The molecule has 0 bridgehead atoms. The second-order valence-corrected chi connectivity index (χ2v) is 7.06. The van der Waals surface area contributed by atoms with E-state index in [-0.39, 0.29) is 0 Å². The van der Waals surface area contributed by atoms with Crippen molar-refractivity contribution in [1.82, 2.24) is 9.97 Å². The Morgan fingerprint density at radius 3 is 2.95 bits per heavy atom. The number of anilines is 2. The Hall–Kier alpha value is -1.40. The fourth-order valence-electron chi connectivity index (χ4n) is 3.16. The van der Waals surface area contributed by atoms with E-state index in [1.54, 1.807) is 11.3 Å². The van der Waals surface area contributed by atoms with Crippen LogP contribution in [-0.4, -0.2) is 22.6 Å². The van der Waals surface area contributed by atoms with Crippen LogP contribution in [0, 0.1) is 5.92 Å². The molecule has 6 heteroatoms. The highest BCUT2D eigenvalue weighted by Crippen LogP contribution is 2.36. The van der Waals surface area contributed by atoms with Gasteiger partial charge in [0.25, 0.3) is 0 Å². The molecule has 5 nitrogen and oxygen atoms in total. The zero-order valence-corrected chi connectivity index (χ0v) is 13.7. The van der Waals surface area contributed by atoms with E-state index in [2.05, 4.69) is 47.1 Å². The molecule has 1 saturated heterocycles. The molecule has 2 aromatic heterocycles. The molecule has 2 aromatic rings. The van der Waals surface area contributed by atoms with E-state index >= 15 is 0 Å². The Morgan fingerprint density at radius 1 is 1.48 bits per heavy atom. The maximum Gasteiger partial charge on any atom is 0.240 e. The van der Waals surface area contributed by atoms with E-state index in [4.69, 9.17) is 5.84 Å². The molecular formula is C15H23N5S. The number of aryl methyl sites for hydroxylation is 1. The highest BCUT2D eigenvalue weighted by atomic mass is 32.1. The van der Waals surface area contributed by atoms with Crippen LogP contribution in [0.1, 0.15) is 38.5 Å². The summed E-state index contributed by atoms with van der Waals surface area (Å²) < 4.78 is 0. The van der Waals surface area contributed by atoms with Crippen molar-refractivity contribution in [2.45, 2.75) is 46.1 Å². The topological polar surface area (TPSA) is 67.1 Å². The minimum atomic E-state index is 0.511. The van der Waals surface area contributed by atoms with Gasteiger partial charge in [0, 0.05) is 17.5 Å². The average molecular weight is 305 g/mol. The van der Waals surface area contributed by atoms with Crippen molar-refractivity contribution in [3.8, 4) is 0 Å². The van der Waals surface area contributed by atoms with Crippen molar-refractivity contribution < 1.29 is 0 Å². The molecule has 21 heavy (non-hydrogen) atoms. The predicted octanol–water partition coefficient (Wildman–Crippen LogP) is 3.16. The first-order valence-corrected chi connectivity index (χ1v) is 8.49. The second kappa shape index (κ2) is 5.77. The normalized spacial score (nSPS) is 18.9. The van der Waals surface area contributed by atoms with E-state index in [1.165, 1.54) is 23.1 Å². The van der Waals surface area contributed by atoms with Crippen molar-refractivity contribution in [3.05, 3.63) is 10.9 Å². The molecule has 0 aliphatic carbocycles. The van der Waals surface area contributed by atoms with Gasteiger partial charge >= 0.3 is 0 Å². The molecule has 0 amide bonds.